The van der Waals surface area contributed by atoms with Gasteiger partial charge in [0.15, 0.2) is 0 Å². The number of rotatable bonds is 5. The van der Waals surface area contributed by atoms with Crippen LogP contribution < -0.4 is 5.32 Å². The normalized spacial score (nSPS) is 13.9. The summed E-state index contributed by atoms with van der Waals surface area (Å²) in [4.78, 5) is 0. The zero-order valence-electron chi connectivity index (χ0n) is 9.83. The van der Waals surface area contributed by atoms with Crippen LogP contribution in [0.15, 0.2) is 30.3 Å². The quantitative estimate of drug-likeness (QED) is 0.777. The van der Waals surface area contributed by atoms with Crippen LogP contribution in [0.3, 0.4) is 0 Å². The Labute approximate surface area is 92.3 Å². The van der Waals surface area contributed by atoms with E-state index in [-0.39, 0.29) is 12.0 Å². The standard InChI is InChI=1S/C13H21NO/c1-11(12-7-5-4-6-8-12)14-9-13(2,3)10-15/h4-8,11,14-15H,9-10H2,1-3H3. The molecular formula is C13H21NO. The van der Waals surface area contributed by atoms with Crippen LogP contribution in [-0.4, -0.2) is 18.3 Å². The zero-order chi connectivity index (χ0) is 11.3. The lowest BCUT2D eigenvalue weighted by molar-refractivity contribution is 0.154. The predicted octanol–water partition coefficient (Wildman–Crippen LogP) is 2.36. The lowest BCUT2D eigenvalue weighted by Crippen LogP contribution is -2.33. The molecule has 1 aromatic carbocycles. The van der Waals surface area contributed by atoms with Crippen molar-refractivity contribution >= 4 is 0 Å². The van der Waals surface area contributed by atoms with E-state index in [0.717, 1.165) is 6.54 Å². The number of aliphatic hydroxyl groups excluding tert-OH is 1. The van der Waals surface area contributed by atoms with Crippen molar-refractivity contribution in [2.45, 2.75) is 26.8 Å². The molecule has 84 valence electrons. The molecule has 0 radical (unpaired) electrons. The van der Waals surface area contributed by atoms with Crippen LogP contribution in [0.4, 0.5) is 0 Å². The first-order valence-corrected chi connectivity index (χ1v) is 5.44. The number of benzene rings is 1. The van der Waals surface area contributed by atoms with Gasteiger partial charge in [0.25, 0.3) is 0 Å². The highest BCUT2D eigenvalue weighted by Crippen LogP contribution is 2.16. The third-order valence-electron chi connectivity index (χ3n) is 2.61. The maximum atomic E-state index is 9.14. The van der Waals surface area contributed by atoms with Crippen molar-refractivity contribution in [3.8, 4) is 0 Å². The second kappa shape index (κ2) is 5.29. The van der Waals surface area contributed by atoms with E-state index in [9.17, 15) is 0 Å². The maximum Gasteiger partial charge on any atom is 0.0494 e. The molecular weight excluding hydrogens is 186 g/mol. The van der Waals surface area contributed by atoms with Crippen LogP contribution in [0, 0.1) is 5.41 Å². The van der Waals surface area contributed by atoms with E-state index in [1.807, 2.05) is 18.2 Å². The summed E-state index contributed by atoms with van der Waals surface area (Å²) < 4.78 is 0. The Morgan fingerprint density at radius 3 is 2.40 bits per heavy atom. The van der Waals surface area contributed by atoms with Crippen LogP contribution >= 0.6 is 0 Å². The Balaban J connectivity index is 2.47. The Kier molecular flexibility index (Phi) is 4.30. The smallest absolute Gasteiger partial charge is 0.0494 e. The zero-order valence-corrected chi connectivity index (χ0v) is 9.83. The molecule has 1 aromatic rings. The van der Waals surface area contributed by atoms with Crippen LogP contribution in [0.1, 0.15) is 32.4 Å². The van der Waals surface area contributed by atoms with Gasteiger partial charge in [-0.2, -0.15) is 0 Å². The summed E-state index contributed by atoms with van der Waals surface area (Å²) in [5.74, 6) is 0. The monoisotopic (exact) mass is 207 g/mol. The first-order chi connectivity index (χ1) is 7.05. The largest absolute Gasteiger partial charge is 0.396 e. The molecule has 0 bridgehead atoms. The maximum absolute atomic E-state index is 9.14. The van der Waals surface area contributed by atoms with Crippen molar-refractivity contribution in [2.75, 3.05) is 13.2 Å². The average molecular weight is 207 g/mol. The average Bonchev–Trinajstić information content (AvgIpc) is 2.27. The molecule has 0 aliphatic rings. The van der Waals surface area contributed by atoms with Gasteiger partial charge in [-0.25, -0.2) is 0 Å². The minimum atomic E-state index is -0.0525. The van der Waals surface area contributed by atoms with E-state index < -0.39 is 0 Å². The molecule has 1 atom stereocenters. The fourth-order valence-corrected chi connectivity index (χ4v) is 1.34. The highest BCUT2D eigenvalue weighted by atomic mass is 16.3. The van der Waals surface area contributed by atoms with E-state index in [2.05, 4.69) is 38.2 Å². The third kappa shape index (κ3) is 4.02. The molecule has 0 fully saturated rings. The van der Waals surface area contributed by atoms with Gasteiger partial charge in [-0.15, -0.1) is 0 Å². The molecule has 2 nitrogen and oxygen atoms in total. The third-order valence-corrected chi connectivity index (χ3v) is 2.61. The van der Waals surface area contributed by atoms with Crippen molar-refractivity contribution in [1.29, 1.82) is 0 Å². The van der Waals surface area contributed by atoms with Crippen molar-refractivity contribution in [3.63, 3.8) is 0 Å². The first-order valence-electron chi connectivity index (χ1n) is 5.44. The topological polar surface area (TPSA) is 32.3 Å². The van der Waals surface area contributed by atoms with Gasteiger partial charge in [-0.05, 0) is 12.5 Å². The molecule has 1 rings (SSSR count). The second-order valence-electron chi connectivity index (χ2n) is 4.84. The molecule has 2 heteroatoms. The molecule has 1 unspecified atom stereocenters. The van der Waals surface area contributed by atoms with Crippen LogP contribution in [-0.2, 0) is 0 Å². The van der Waals surface area contributed by atoms with Gasteiger partial charge in [-0.1, -0.05) is 44.2 Å². The SMILES string of the molecule is CC(NCC(C)(C)CO)c1ccccc1. The van der Waals surface area contributed by atoms with Crippen molar-refractivity contribution in [2.24, 2.45) is 5.41 Å². The van der Waals surface area contributed by atoms with Crippen LogP contribution in [0.25, 0.3) is 0 Å². The van der Waals surface area contributed by atoms with Crippen molar-refractivity contribution < 1.29 is 5.11 Å². The molecule has 0 aromatic heterocycles. The summed E-state index contributed by atoms with van der Waals surface area (Å²) >= 11 is 0. The lowest BCUT2D eigenvalue weighted by Gasteiger charge is -2.25. The van der Waals surface area contributed by atoms with Gasteiger partial charge < -0.3 is 10.4 Å². The van der Waals surface area contributed by atoms with Gasteiger partial charge in [-0.3, -0.25) is 0 Å². The Morgan fingerprint density at radius 1 is 1.27 bits per heavy atom. The minimum Gasteiger partial charge on any atom is -0.396 e. The van der Waals surface area contributed by atoms with Crippen LogP contribution in [0.5, 0.6) is 0 Å². The van der Waals surface area contributed by atoms with Crippen LogP contribution in [0.2, 0.25) is 0 Å². The van der Waals surface area contributed by atoms with Gasteiger partial charge in [0, 0.05) is 24.6 Å². The summed E-state index contributed by atoms with van der Waals surface area (Å²) in [5.41, 5.74) is 1.23. The molecule has 0 aliphatic heterocycles. The molecule has 2 N–H and O–H groups in total. The van der Waals surface area contributed by atoms with Gasteiger partial charge in [0.1, 0.15) is 0 Å². The van der Waals surface area contributed by atoms with Gasteiger partial charge >= 0.3 is 0 Å². The predicted molar refractivity (Wildman–Crippen MR) is 63.7 cm³/mol. The molecule has 0 saturated carbocycles. The minimum absolute atomic E-state index is 0.0525. The molecule has 0 spiro atoms. The second-order valence-corrected chi connectivity index (χ2v) is 4.84. The Bertz CT molecular complexity index is 282. The number of hydrogen-bond acceptors (Lipinski definition) is 2. The van der Waals surface area contributed by atoms with E-state index >= 15 is 0 Å². The molecule has 0 aliphatic carbocycles. The number of aliphatic hydroxyl groups is 1. The molecule has 0 saturated heterocycles. The summed E-state index contributed by atoms with van der Waals surface area (Å²) in [6, 6.07) is 10.7. The fourth-order valence-electron chi connectivity index (χ4n) is 1.34. The molecule has 0 heterocycles. The highest BCUT2D eigenvalue weighted by molar-refractivity contribution is 5.18. The van der Waals surface area contributed by atoms with E-state index in [1.54, 1.807) is 0 Å². The van der Waals surface area contributed by atoms with Crippen molar-refractivity contribution in [1.82, 2.24) is 5.32 Å². The van der Waals surface area contributed by atoms with Crippen molar-refractivity contribution in [3.05, 3.63) is 35.9 Å². The summed E-state index contributed by atoms with van der Waals surface area (Å²) in [5, 5.41) is 12.6. The van der Waals surface area contributed by atoms with E-state index in [0.29, 0.717) is 6.04 Å². The highest BCUT2D eigenvalue weighted by Gasteiger charge is 2.17. The summed E-state index contributed by atoms with van der Waals surface area (Å²) in [6.45, 7) is 7.28. The Hall–Kier alpha value is -0.860. The lowest BCUT2D eigenvalue weighted by atomic mass is 9.94. The first kappa shape index (κ1) is 12.2. The Morgan fingerprint density at radius 2 is 1.87 bits per heavy atom. The molecule has 0 amide bonds. The fraction of sp³-hybridized carbons (Fsp3) is 0.538. The van der Waals surface area contributed by atoms with E-state index in [4.69, 9.17) is 5.11 Å². The van der Waals surface area contributed by atoms with E-state index in [1.165, 1.54) is 5.56 Å². The number of nitrogens with one attached hydrogen (secondary N) is 1. The summed E-state index contributed by atoms with van der Waals surface area (Å²) in [6.07, 6.45) is 0. The summed E-state index contributed by atoms with van der Waals surface area (Å²) in [7, 11) is 0. The molecule has 15 heavy (non-hydrogen) atoms. The van der Waals surface area contributed by atoms with Gasteiger partial charge in [0.2, 0.25) is 0 Å². The van der Waals surface area contributed by atoms with Gasteiger partial charge in [0.05, 0.1) is 0 Å². The number of hydrogen-bond donors (Lipinski definition) is 2.